The number of ether oxygens (including phenoxy) is 1. The molecule has 0 radical (unpaired) electrons. The second kappa shape index (κ2) is 6.11. The van der Waals surface area contributed by atoms with Gasteiger partial charge in [0.25, 0.3) is 0 Å². The van der Waals surface area contributed by atoms with Crippen LogP contribution in [0.4, 0.5) is 0 Å². The van der Waals surface area contributed by atoms with E-state index < -0.39 is 5.97 Å². The molecule has 3 nitrogen and oxygen atoms in total. The van der Waals surface area contributed by atoms with Crippen molar-refractivity contribution < 1.29 is 9.53 Å². The highest BCUT2D eigenvalue weighted by Gasteiger charge is 2.24. The van der Waals surface area contributed by atoms with Crippen LogP contribution in [0.2, 0.25) is 0 Å². The number of esters is 1. The van der Waals surface area contributed by atoms with Gasteiger partial charge >= 0.3 is 5.97 Å². The summed E-state index contributed by atoms with van der Waals surface area (Å²) >= 11 is 5.59. The molecule has 0 unspecified atom stereocenters. The first-order valence-electron chi connectivity index (χ1n) is 6.16. The number of benzene rings is 2. The molecule has 2 aromatic rings. The number of cyclic esters (lactones) is 1. The predicted octanol–water partition coefficient (Wildman–Crippen LogP) is 4.40. The molecule has 0 aliphatic carbocycles. The van der Waals surface area contributed by atoms with Gasteiger partial charge in [-0.3, -0.25) is 0 Å². The predicted molar refractivity (Wildman–Crippen MR) is 93.9 cm³/mol. The zero-order valence-electron chi connectivity index (χ0n) is 10.7. The molecular formula is C16H9BrINO2. The molecule has 2 aromatic carbocycles. The van der Waals surface area contributed by atoms with E-state index >= 15 is 0 Å². The fourth-order valence-corrected chi connectivity index (χ4v) is 2.68. The molecule has 0 bridgehead atoms. The molecule has 21 heavy (non-hydrogen) atoms. The van der Waals surface area contributed by atoms with Gasteiger partial charge in [0, 0.05) is 13.6 Å². The average Bonchev–Trinajstić information content (AvgIpc) is 2.83. The Labute approximate surface area is 144 Å². The lowest BCUT2D eigenvalue weighted by Crippen LogP contribution is -2.05. The van der Waals surface area contributed by atoms with Crippen molar-refractivity contribution in [3.05, 3.63) is 73.4 Å². The molecule has 0 amide bonds. The summed E-state index contributed by atoms with van der Waals surface area (Å²) in [6.07, 6.45) is 1.72. The fraction of sp³-hybridized carbons (Fsp3) is 0. The van der Waals surface area contributed by atoms with Gasteiger partial charge in [-0.1, -0.05) is 34.1 Å². The first-order valence-corrected chi connectivity index (χ1v) is 8.03. The molecule has 0 saturated carbocycles. The van der Waals surface area contributed by atoms with Crippen molar-refractivity contribution in [2.75, 3.05) is 0 Å². The van der Waals surface area contributed by atoms with Crippen LogP contribution in [0.1, 0.15) is 11.1 Å². The minimum atomic E-state index is -0.424. The van der Waals surface area contributed by atoms with E-state index in [0.29, 0.717) is 11.6 Å². The summed E-state index contributed by atoms with van der Waals surface area (Å²) in [6.45, 7) is 0. The molecule has 0 atom stereocenters. The maximum Gasteiger partial charge on any atom is 0.363 e. The Morgan fingerprint density at radius 1 is 1.14 bits per heavy atom. The molecule has 0 fully saturated rings. The summed E-state index contributed by atoms with van der Waals surface area (Å²) in [6, 6.07) is 15.3. The van der Waals surface area contributed by atoms with E-state index in [1.54, 1.807) is 6.08 Å². The maximum atomic E-state index is 11.9. The summed E-state index contributed by atoms with van der Waals surface area (Å²) in [5.41, 5.74) is 2.01. The Hall–Kier alpha value is -1.47. The van der Waals surface area contributed by atoms with Crippen LogP contribution in [0.25, 0.3) is 6.08 Å². The standard InChI is InChI=1S/C16H9BrINO2/c17-12-6-4-10(5-7-12)8-14-16(20)21-15(19-14)11-2-1-3-13(18)9-11/h1-9H. The van der Waals surface area contributed by atoms with E-state index in [-0.39, 0.29) is 0 Å². The van der Waals surface area contributed by atoms with Crippen LogP contribution in [0.3, 0.4) is 0 Å². The van der Waals surface area contributed by atoms with Crippen LogP contribution in [-0.2, 0) is 9.53 Å². The highest BCUT2D eigenvalue weighted by Crippen LogP contribution is 2.21. The molecule has 3 rings (SSSR count). The van der Waals surface area contributed by atoms with Gasteiger partial charge in [-0.2, -0.15) is 0 Å². The van der Waals surface area contributed by atoms with Crippen LogP contribution < -0.4 is 0 Å². The van der Waals surface area contributed by atoms with Crippen molar-refractivity contribution in [1.29, 1.82) is 0 Å². The summed E-state index contributed by atoms with van der Waals surface area (Å²) < 4.78 is 7.29. The van der Waals surface area contributed by atoms with Gasteiger partial charge in [-0.15, -0.1) is 0 Å². The highest BCUT2D eigenvalue weighted by molar-refractivity contribution is 14.1. The zero-order chi connectivity index (χ0) is 14.8. The Morgan fingerprint density at radius 2 is 1.90 bits per heavy atom. The van der Waals surface area contributed by atoms with Crippen molar-refractivity contribution in [2.45, 2.75) is 0 Å². The molecule has 5 heteroatoms. The van der Waals surface area contributed by atoms with Crippen molar-refractivity contribution in [1.82, 2.24) is 0 Å². The lowest BCUT2D eigenvalue weighted by Gasteiger charge is -1.99. The molecular weight excluding hydrogens is 445 g/mol. The number of hydrogen-bond acceptors (Lipinski definition) is 3. The third-order valence-electron chi connectivity index (χ3n) is 2.87. The normalized spacial score (nSPS) is 16.0. The van der Waals surface area contributed by atoms with Crippen molar-refractivity contribution in [3.63, 3.8) is 0 Å². The lowest BCUT2D eigenvalue weighted by molar-refractivity contribution is -0.129. The number of aliphatic imine (C=N–C) groups is 1. The Kier molecular flexibility index (Phi) is 4.21. The van der Waals surface area contributed by atoms with Crippen LogP contribution in [0, 0.1) is 3.57 Å². The van der Waals surface area contributed by atoms with Gasteiger partial charge in [-0.05, 0) is 64.6 Å². The number of halogens is 2. The van der Waals surface area contributed by atoms with E-state index in [1.807, 2.05) is 48.5 Å². The topological polar surface area (TPSA) is 38.7 Å². The van der Waals surface area contributed by atoms with Crippen molar-refractivity contribution in [3.8, 4) is 0 Å². The van der Waals surface area contributed by atoms with E-state index in [1.165, 1.54) is 0 Å². The Morgan fingerprint density at radius 3 is 2.62 bits per heavy atom. The molecule has 0 spiro atoms. The number of nitrogens with zero attached hydrogens (tertiary/aromatic N) is 1. The average molecular weight is 454 g/mol. The third-order valence-corrected chi connectivity index (χ3v) is 4.07. The molecule has 0 saturated heterocycles. The molecule has 1 heterocycles. The Bertz CT molecular complexity index is 766. The largest absolute Gasteiger partial charge is 0.402 e. The van der Waals surface area contributed by atoms with Crippen LogP contribution in [0.15, 0.2) is 63.7 Å². The minimum Gasteiger partial charge on any atom is -0.402 e. The van der Waals surface area contributed by atoms with E-state index in [2.05, 4.69) is 43.5 Å². The third kappa shape index (κ3) is 3.41. The number of hydrogen-bond donors (Lipinski definition) is 0. The van der Waals surface area contributed by atoms with Crippen LogP contribution in [-0.4, -0.2) is 11.9 Å². The first kappa shape index (κ1) is 14.5. The van der Waals surface area contributed by atoms with Crippen molar-refractivity contribution >= 4 is 56.5 Å². The smallest absolute Gasteiger partial charge is 0.363 e. The summed E-state index contributed by atoms with van der Waals surface area (Å²) in [5, 5.41) is 0. The molecule has 1 aliphatic rings. The SMILES string of the molecule is O=C1OC(c2cccc(I)c2)=NC1=Cc1ccc(Br)cc1. The number of carbonyl (C=O) groups is 1. The molecule has 104 valence electrons. The molecule has 0 N–H and O–H groups in total. The monoisotopic (exact) mass is 453 g/mol. The maximum absolute atomic E-state index is 11.9. The summed E-state index contributed by atoms with van der Waals surface area (Å²) in [4.78, 5) is 16.2. The second-order valence-electron chi connectivity index (χ2n) is 4.40. The van der Waals surface area contributed by atoms with Gasteiger partial charge < -0.3 is 4.74 Å². The molecule has 0 aromatic heterocycles. The zero-order valence-corrected chi connectivity index (χ0v) is 14.5. The van der Waals surface area contributed by atoms with E-state index in [0.717, 1.165) is 19.2 Å². The van der Waals surface area contributed by atoms with Gasteiger partial charge in [-0.25, -0.2) is 9.79 Å². The van der Waals surface area contributed by atoms with E-state index in [4.69, 9.17) is 4.74 Å². The summed E-state index contributed by atoms with van der Waals surface area (Å²) in [7, 11) is 0. The lowest BCUT2D eigenvalue weighted by atomic mass is 10.2. The highest BCUT2D eigenvalue weighted by atomic mass is 127. The van der Waals surface area contributed by atoms with Crippen molar-refractivity contribution in [2.24, 2.45) is 4.99 Å². The summed E-state index contributed by atoms with van der Waals surface area (Å²) in [5.74, 6) is -0.0753. The van der Waals surface area contributed by atoms with Gasteiger partial charge in [0.1, 0.15) is 0 Å². The first-order chi connectivity index (χ1) is 10.1. The number of carbonyl (C=O) groups excluding carboxylic acids is 1. The minimum absolute atomic E-state index is 0.311. The fourth-order valence-electron chi connectivity index (χ4n) is 1.87. The second-order valence-corrected chi connectivity index (χ2v) is 6.56. The van der Waals surface area contributed by atoms with Gasteiger partial charge in [0.2, 0.25) is 5.90 Å². The van der Waals surface area contributed by atoms with Crippen LogP contribution >= 0.6 is 38.5 Å². The molecule has 1 aliphatic heterocycles. The Balaban J connectivity index is 1.93. The number of rotatable bonds is 2. The van der Waals surface area contributed by atoms with E-state index in [9.17, 15) is 4.79 Å². The van der Waals surface area contributed by atoms with Gasteiger partial charge in [0.15, 0.2) is 5.70 Å². The quantitative estimate of drug-likeness (QED) is 0.384. The van der Waals surface area contributed by atoms with Gasteiger partial charge in [0.05, 0.1) is 0 Å². The van der Waals surface area contributed by atoms with Crippen LogP contribution in [0.5, 0.6) is 0 Å².